The third-order valence-electron chi connectivity index (χ3n) is 3.82. The number of rotatable bonds is 6. The molecule has 2 atom stereocenters. The number of nitrogens with zero attached hydrogens (tertiary/aromatic N) is 1. The summed E-state index contributed by atoms with van der Waals surface area (Å²) in [6.45, 7) is 2.54. The molecular formula is C20H29NO7. The van der Waals surface area contributed by atoms with E-state index >= 15 is 0 Å². The Balaban J connectivity index is 0.000000892. The van der Waals surface area contributed by atoms with Crippen molar-refractivity contribution < 1.29 is 34.0 Å². The second-order valence-electron chi connectivity index (χ2n) is 6.39. The number of esters is 1. The molecule has 0 aromatic heterocycles. The topological polar surface area (TPSA) is 115 Å². The van der Waals surface area contributed by atoms with Crippen LogP contribution < -0.4 is 9.47 Å². The van der Waals surface area contributed by atoms with E-state index in [2.05, 4.69) is 4.99 Å². The summed E-state index contributed by atoms with van der Waals surface area (Å²) in [5.74, 6) is 0.303. The third kappa shape index (κ3) is 9.91. The molecule has 1 heterocycles. The number of aliphatic hydroxyl groups excluding tert-OH is 1. The van der Waals surface area contributed by atoms with Gasteiger partial charge in [0, 0.05) is 20.3 Å². The quantitative estimate of drug-likeness (QED) is 0.562. The van der Waals surface area contributed by atoms with E-state index in [1.165, 1.54) is 6.92 Å². The van der Waals surface area contributed by atoms with Crippen LogP contribution in [-0.4, -0.2) is 53.9 Å². The number of carbonyl (C=O) groups is 2. The Bertz CT molecular complexity index is 656. The Labute approximate surface area is 165 Å². The van der Waals surface area contributed by atoms with Crippen LogP contribution in [0.5, 0.6) is 11.5 Å². The fourth-order valence-corrected chi connectivity index (χ4v) is 2.69. The van der Waals surface area contributed by atoms with Crippen LogP contribution in [0.2, 0.25) is 0 Å². The van der Waals surface area contributed by atoms with Gasteiger partial charge in [-0.1, -0.05) is 18.6 Å². The molecule has 0 saturated carbocycles. The summed E-state index contributed by atoms with van der Waals surface area (Å²) in [6, 6.07) is 6.95. The van der Waals surface area contributed by atoms with Gasteiger partial charge in [-0.3, -0.25) is 14.6 Å². The number of aliphatic carboxylic acids is 1. The first-order valence-electron chi connectivity index (χ1n) is 9.20. The lowest BCUT2D eigenvalue weighted by atomic mass is 10.0. The molecule has 2 N–H and O–H groups in total. The van der Waals surface area contributed by atoms with Gasteiger partial charge >= 0.3 is 5.97 Å². The van der Waals surface area contributed by atoms with E-state index in [9.17, 15) is 9.90 Å². The summed E-state index contributed by atoms with van der Waals surface area (Å²) in [5.41, 5.74) is 0. The summed E-state index contributed by atoms with van der Waals surface area (Å²) < 4.78 is 16.0. The standard InChI is InChI=1S/C18H25NO5.C2H4O2/c1-13(20)24-17-9-5-4-8-16(17)23-12-15(21)11-14-7-3-6-10-18(19-14)22-2;1-2(3)4/h4-5,8-9,14-15,21H,3,6-7,10-12H2,1-2H3;1H3,(H,3,4). The second kappa shape index (κ2) is 12.7. The first-order chi connectivity index (χ1) is 13.3. The average molecular weight is 395 g/mol. The minimum absolute atomic E-state index is 0.0461. The van der Waals surface area contributed by atoms with E-state index in [0.717, 1.165) is 38.5 Å². The van der Waals surface area contributed by atoms with Crippen LogP contribution in [0.3, 0.4) is 0 Å². The molecule has 8 nitrogen and oxygen atoms in total. The van der Waals surface area contributed by atoms with Crippen molar-refractivity contribution in [2.75, 3.05) is 13.7 Å². The summed E-state index contributed by atoms with van der Waals surface area (Å²) in [5, 5.41) is 17.7. The number of aliphatic hydroxyl groups is 1. The number of carbonyl (C=O) groups excluding carboxylic acids is 1. The normalized spacial score (nSPS) is 17.1. The van der Waals surface area contributed by atoms with E-state index in [-0.39, 0.29) is 12.6 Å². The summed E-state index contributed by atoms with van der Waals surface area (Å²) in [4.78, 5) is 24.7. The fraction of sp³-hybridized carbons (Fsp3) is 0.550. The zero-order chi connectivity index (χ0) is 20.9. The molecule has 0 radical (unpaired) electrons. The zero-order valence-corrected chi connectivity index (χ0v) is 16.6. The van der Waals surface area contributed by atoms with E-state index in [1.54, 1.807) is 31.4 Å². The van der Waals surface area contributed by atoms with Crippen LogP contribution >= 0.6 is 0 Å². The van der Waals surface area contributed by atoms with Crippen LogP contribution in [0.25, 0.3) is 0 Å². The largest absolute Gasteiger partial charge is 0.487 e. The Morgan fingerprint density at radius 2 is 1.86 bits per heavy atom. The number of hydrogen-bond donors (Lipinski definition) is 2. The molecule has 8 heteroatoms. The predicted molar refractivity (Wildman–Crippen MR) is 104 cm³/mol. The molecule has 156 valence electrons. The number of ether oxygens (including phenoxy) is 3. The van der Waals surface area contributed by atoms with Crippen molar-refractivity contribution in [3.8, 4) is 11.5 Å². The first-order valence-corrected chi connectivity index (χ1v) is 9.20. The number of hydrogen-bond acceptors (Lipinski definition) is 7. The maximum atomic E-state index is 11.1. The van der Waals surface area contributed by atoms with Gasteiger partial charge in [-0.15, -0.1) is 0 Å². The van der Waals surface area contributed by atoms with E-state index < -0.39 is 18.0 Å². The van der Waals surface area contributed by atoms with Gasteiger partial charge in [0.2, 0.25) is 0 Å². The van der Waals surface area contributed by atoms with Crippen molar-refractivity contribution >= 4 is 17.8 Å². The van der Waals surface area contributed by atoms with Crippen LogP contribution in [0, 0.1) is 0 Å². The number of benzene rings is 1. The maximum absolute atomic E-state index is 11.1. The average Bonchev–Trinajstić information content (AvgIpc) is 2.85. The Hall–Kier alpha value is -2.61. The lowest BCUT2D eigenvalue weighted by Crippen LogP contribution is -2.23. The van der Waals surface area contributed by atoms with Gasteiger partial charge in [0.25, 0.3) is 5.97 Å². The van der Waals surface area contributed by atoms with E-state index in [1.807, 2.05) is 0 Å². The predicted octanol–water partition coefficient (Wildman–Crippen LogP) is 2.82. The molecule has 1 aliphatic rings. The van der Waals surface area contributed by atoms with Crippen molar-refractivity contribution in [1.29, 1.82) is 0 Å². The fourth-order valence-electron chi connectivity index (χ4n) is 2.69. The van der Waals surface area contributed by atoms with Crippen molar-refractivity contribution in [3.63, 3.8) is 0 Å². The van der Waals surface area contributed by atoms with E-state index in [4.69, 9.17) is 24.1 Å². The molecule has 1 aromatic carbocycles. The molecule has 0 aliphatic carbocycles. The summed E-state index contributed by atoms with van der Waals surface area (Å²) >= 11 is 0. The van der Waals surface area contributed by atoms with Gasteiger partial charge in [0.05, 0.1) is 19.3 Å². The molecule has 0 fully saturated rings. The molecule has 0 bridgehead atoms. The number of carboxylic acids is 1. The van der Waals surface area contributed by atoms with Crippen LogP contribution in [0.4, 0.5) is 0 Å². The lowest BCUT2D eigenvalue weighted by molar-refractivity contribution is -0.134. The van der Waals surface area contributed by atoms with Gasteiger partial charge in [0.15, 0.2) is 17.4 Å². The Morgan fingerprint density at radius 3 is 2.46 bits per heavy atom. The monoisotopic (exact) mass is 395 g/mol. The highest BCUT2D eigenvalue weighted by molar-refractivity contribution is 5.76. The molecule has 0 saturated heterocycles. The highest BCUT2D eigenvalue weighted by Crippen LogP contribution is 2.27. The van der Waals surface area contributed by atoms with Crippen molar-refractivity contribution in [2.45, 2.75) is 58.1 Å². The second-order valence-corrected chi connectivity index (χ2v) is 6.39. The highest BCUT2D eigenvalue weighted by Gasteiger charge is 2.19. The van der Waals surface area contributed by atoms with Gasteiger partial charge in [-0.25, -0.2) is 0 Å². The van der Waals surface area contributed by atoms with Crippen LogP contribution in [0.1, 0.15) is 46.0 Å². The molecular weight excluding hydrogens is 366 g/mol. The summed E-state index contributed by atoms with van der Waals surface area (Å²) in [6.07, 6.45) is 3.79. The molecule has 1 aromatic rings. The van der Waals surface area contributed by atoms with E-state index in [0.29, 0.717) is 17.9 Å². The van der Waals surface area contributed by atoms with Gasteiger partial charge in [-0.2, -0.15) is 0 Å². The first kappa shape index (κ1) is 23.4. The SMILES string of the molecule is CC(=O)O.COC1=NC(CC(O)COc2ccccc2OC(C)=O)CCCC1. The molecule has 2 unspecified atom stereocenters. The zero-order valence-electron chi connectivity index (χ0n) is 16.6. The van der Waals surface area contributed by atoms with Crippen molar-refractivity contribution in [2.24, 2.45) is 4.99 Å². The minimum atomic E-state index is -0.833. The van der Waals surface area contributed by atoms with Crippen LogP contribution in [0.15, 0.2) is 29.3 Å². The number of methoxy groups -OCH3 is 1. The van der Waals surface area contributed by atoms with Crippen LogP contribution in [-0.2, 0) is 14.3 Å². The third-order valence-corrected chi connectivity index (χ3v) is 3.82. The highest BCUT2D eigenvalue weighted by atomic mass is 16.6. The van der Waals surface area contributed by atoms with Gasteiger partial charge < -0.3 is 24.4 Å². The minimum Gasteiger partial charge on any atom is -0.487 e. The molecule has 0 spiro atoms. The Morgan fingerprint density at radius 1 is 1.21 bits per heavy atom. The number of para-hydroxylation sites is 2. The smallest absolute Gasteiger partial charge is 0.308 e. The molecule has 1 aliphatic heterocycles. The lowest BCUT2D eigenvalue weighted by Gasteiger charge is -2.18. The number of carboxylic acid groups (broad SMARTS) is 1. The maximum Gasteiger partial charge on any atom is 0.308 e. The van der Waals surface area contributed by atoms with Crippen molar-refractivity contribution in [3.05, 3.63) is 24.3 Å². The molecule has 2 rings (SSSR count). The molecule has 28 heavy (non-hydrogen) atoms. The summed E-state index contributed by atoms with van der Waals surface area (Å²) in [7, 11) is 1.63. The van der Waals surface area contributed by atoms with Gasteiger partial charge in [-0.05, 0) is 31.4 Å². The molecule has 0 amide bonds. The van der Waals surface area contributed by atoms with Crippen molar-refractivity contribution in [1.82, 2.24) is 0 Å². The Kier molecular flexibility index (Phi) is 10.6. The number of aliphatic imine (C=N–C) groups is 1. The van der Waals surface area contributed by atoms with Gasteiger partial charge in [0.1, 0.15) is 6.61 Å².